The number of nitrogens with zero attached hydrogens (tertiary/aromatic N) is 4. The molecule has 0 radical (unpaired) electrons. The largest absolute Gasteiger partial charge is 0.345 e. The Kier molecular flexibility index (Phi) is 5.07. The fourth-order valence-corrected chi connectivity index (χ4v) is 1.98. The second-order valence-corrected chi connectivity index (χ2v) is 6.57. The second kappa shape index (κ2) is 6.83. The number of hydrogen-bond acceptors (Lipinski definition) is 6. The minimum atomic E-state index is -0.240. The fraction of sp³-hybridized carbons (Fsp3) is 0.400. The van der Waals surface area contributed by atoms with Crippen molar-refractivity contribution >= 4 is 17.7 Å². The second-order valence-electron chi connectivity index (χ2n) is 5.80. The van der Waals surface area contributed by atoms with Crippen LogP contribution in [0.3, 0.4) is 0 Å². The lowest BCUT2D eigenvalue weighted by atomic mass is 9.88. The van der Waals surface area contributed by atoms with Crippen LogP contribution in [-0.2, 0) is 12.0 Å². The van der Waals surface area contributed by atoms with E-state index < -0.39 is 0 Å². The Balaban J connectivity index is 1.97. The first-order valence-electron chi connectivity index (χ1n) is 6.87. The molecule has 116 valence electrons. The molecule has 0 saturated heterocycles. The summed E-state index contributed by atoms with van der Waals surface area (Å²) in [6, 6.07) is 3.66. The number of pyridine rings is 1. The summed E-state index contributed by atoms with van der Waals surface area (Å²) in [6.07, 6.45) is 5.23. The predicted molar refractivity (Wildman–Crippen MR) is 85.7 cm³/mol. The third kappa shape index (κ3) is 4.24. The van der Waals surface area contributed by atoms with Crippen molar-refractivity contribution in [3.63, 3.8) is 0 Å². The molecule has 0 saturated carbocycles. The van der Waals surface area contributed by atoms with Crippen molar-refractivity contribution in [2.75, 3.05) is 6.26 Å². The van der Waals surface area contributed by atoms with Gasteiger partial charge in [-0.3, -0.25) is 9.78 Å². The molecule has 6 nitrogen and oxygen atoms in total. The summed E-state index contributed by atoms with van der Waals surface area (Å²) in [5, 5.41) is 11.3. The van der Waals surface area contributed by atoms with Crippen molar-refractivity contribution in [2.24, 2.45) is 0 Å². The zero-order valence-electron chi connectivity index (χ0n) is 13.1. The molecule has 0 fully saturated rings. The molecule has 2 heterocycles. The highest BCUT2D eigenvalue weighted by molar-refractivity contribution is 7.98. The highest BCUT2D eigenvalue weighted by Crippen LogP contribution is 2.20. The zero-order valence-corrected chi connectivity index (χ0v) is 13.9. The van der Waals surface area contributed by atoms with E-state index in [4.69, 9.17) is 0 Å². The Hall–Kier alpha value is -2.02. The molecule has 0 aliphatic rings. The van der Waals surface area contributed by atoms with Crippen molar-refractivity contribution < 1.29 is 4.79 Å². The Morgan fingerprint density at radius 3 is 2.45 bits per heavy atom. The zero-order chi connectivity index (χ0) is 16.2. The number of amides is 1. The fourth-order valence-electron chi connectivity index (χ4n) is 1.70. The molecule has 0 aromatic carbocycles. The number of carbonyl (C=O) groups excluding carboxylic acids is 1. The lowest BCUT2D eigenvalue weighted by Gasteiger charge is -2.18. The van der Waals surface area contributed by atoms with Gasteiger partial charge in [0.25, 0.3) is 5.91 Å². The van der Waals surface area contributed by atoms with Gasteiger partial charge in [0.1, 0.15) is 11.4 Å². The van der Waals surface area contributed by atoms with Crippen LogP contribution in [-0.4, -0.2) is 32.3 Å². The van der Waals surface area contributed by atoms with E-state index in [9.17, 15) is 4.79 Å². The number of aromatic nitrogens is 4. The number of rotatable bonds is 4. The molecule has 2 aromatic rings. The summed E-state index contributed by atoms with van der Waals surface area (Å²) >= 11 is 1.42. The predicted octanol–water partition coefficient (Wildman–Crippen LogP) is 2.22. The molecule has 2 rings (SSSR count). The van der Waals surface area contributed by atoms with E-state index in [2.05, 4.69) is 46.3 Å². The number of hydrogen-bond donors (Lipinski definition) is 1. The van der Waals surface area contributed by atoms with Crippen LogP contribution in [0.2, 0.25) is 0 Å². The maximum absolute atomic E-state index is 12.1. The van der Waals surface area contributed by atoms with E-state index in [1.54, 1.807) is 18.5 Å². The van der Waals surface area contributed by atoms with Gasteiger partial charge in [0, 0.05) is 6.20 Å². The van der Waals surface area contributed by atoms with Crippen LogP contribution < -0.4 is 5.32 Å². The average Bonchev–Trinajstić information content (AvgIpc) is 2.52. The Bertz CT molecular complexity index is 634. The van der Waals surface area contributed by atoms with Gasteiger partial charge in [-0.1, -0.05) is 38.6 Å². The molecule has 2 aromatic heterocycles. The molecule has 0 aliphatic heterocycles. The average molecular weight is 317 g/mol. The number of thioether (sulfide) groups is 1. The highest BCUT2D eigenvalue weighted by Gasteiger charge is 2.15. The molecule has 0 spiro atoms. The molecular formula is C15H19N5OS. The van der Waals surface area contributed by atoms with Crippen LogP contribution in [0.25, 0.3) is 0 Å². The molecule has 1 amide bonds. The Labute approximate surface area is 134 Å². The van der Waals surface area contributed by atoms with Crippen molar-refractivity contribution in [2.45, 2.75) is 37.9 Å². The van der Waals surface area contributed by atoms with E-state index in [-0.39, 0.29) is 17.9 Å². The molecule has 0 bridgehead atoms. The smallest absolute Gasteiger partial charge is 0.270 e. The van der Waals surface area contributed by atoms with Crippen LogP contribution >= 0.6 is 11.8 Å². The summed E-state index contributed by atoms with van der Waals surface area (Å²) < 4.78 is 0. The lowest BCUT2D eigenvalue weighted by Crippen LogP contribution is -2.25. The number of nitrogens with one attached hydrogen (secondary N) is 1. The van der Waals surface area contributed by atoms with Gasteiger partial charge in [0.15, 0.2) is 0 Å². The maximum atomic E-state index is 12.1. The molecule has 0 atom stereocenters. The summed E-state index contributed by atoms with van der Waals surface area (Å²) in [7, 11) is 0. The highest BCUT2D eigenvalue weighted by atomic mass is 32.2. The first-order valence-corrected chi connectivity index (χ1v) is 8.10. The summed E-state index contributed by atoms with van der Waals surface area (Å²) in [5.41, 5.74) is 2.10. The lowest BCUT2D eigenvalue weighted by molar-refractivity contribution is 0.0945. The molecule has 22 heavy (non-hydrogen) atoms. The SMILES string of the molecule is CSc1ncc(CNC(=O)c2ccc(C(C)(C)C)cn2)nn1. The minimum Gasteiger partial charge on any atom is -0.345 e. The van der Waals surface area contributed by atoms with E-state index in [0.717, 1.165) is 5.56 Å². The standard InChI is InChI=1S/C15H19N5OS/c1-15(2,3)10-5-6-12(16-7-10)13(21)17-8-11-9-18-14(22-4)20-19-11/h5-7,9H,8H2,1-4H3,(H,17,21). The number of carbonyl (C=O) groups is 1. The normalized spacial score (nSPS) is 11.3. The van der Waals surface area contributed by atoms with Gasteiger partial charge in [-0.15, -0.1) is 10.2 Å². The third-order valence-corrected chi connectivity index (χ3v) is 3.61. The van der Waals surface area contributed by atoms with Gasteiger partial charge in [0.05, 0.1) is 12.7 Å². The summed E-state index contributed by atoms with van der Waals surface area (Å²) in [6.45, 7) is 6.59. The van der Waals surface area contributed by atoms with Crippen molar-refractivity contribution in [3.8, 4) is 0 Å². The topological polar surface area (TPSA) is 80.7 Å². The van der Waals surface area contributed by atoms with Crippen LogP contribution in [0, 0.1) is 0 Å². The van der Waals surface area contributed by atoms with Gasteiger partial charge in [-0.2, -0.15) is 0 Å². The van der Waals surface area contributed by atoms with Gasteiger partial charge in [-0.05, 0) is 23.3 Å². The Morgan fingerprint density at radius 2 is 1.95 bits per heavy atom. The molecule has 0 aliphatic carbocycles. The van der Waals surface area contributed by atoms with Gasteiger partial charge in [0.2, 0.25) is 5.16 Å². The van der Waals surface area contributed by atoms with E-state index in [0.29, 0.717) is 16.5 Å². The third-order valence-electron chi connectivity index (χ3n) is 3.06. The van der Waals surface area contributed by atoms with Gasteiger partial charge >= 0.3 is 0 Å². The van der Waals surface area contributed by atoms with Gasteiger partial charge < -0.3 is 5.32 Å². The summed E-state index contributed by atoms with van der Waals surface area (Å²) in [5.74, 6) is -0.240. The van der Waals surface area contributed by atoms with Crippen molar-refractivity contribution in [1.82, 2.24) is 25.5 Å². The van der Waals surface area contributed by atoms with Gasteiger partial charge in [-0.25, -0.2) is 4.98 Å². The minimum absolute atomic E-state index is 0.0162. The molecule has 0 unspecified atom stereocenters. The van der Waals surface area contributed by atoms with E-state index >= 15 is 0 Å². The summed E-state index contributed by atoms with van der Waals surface area (Å²) in [4.78, 5) is 20.4. The Morgan fingerprint density at radius 1 is 1.18 bits per heavy atom. The molecular weight excluding hydrogens is 298 g/mol. The first-order chi connectivity index (χ1) is 10.4. The van der Waals surface area contributed by atoms with Crippen LogP contribution in [0.4, 0.5) is 0 Å². The van der Waals surface area contributed by atoms with E-state index in [1.807, 2.05) is 12.3 Å². The quantitative estimate of drug-likeness (QED) is 0.871. The molecule has 1 N–H and O–H groups in total. The first kappa shape index (κ1) is 16.4. The van der Waals surface area contributed by atoms with Crippen LogP contribution in [0.1, 0.15) is 42.5 Å². The molecule has 7 heteroatoms. The van der Waals surface area contributed by atoms with Crippen molar-refractivity contribution in [3.05, 3.63) is 41.5 Å². The van der Waals surface area contributed by atoms with Crippen molar-refractivity contribution in [1.29, 1.82) is 0 Å². The van der Waals surface area contributed by atoms with E-state index in [1.165, 1.54) is 11.8 Å². The van der Waals surface area contributed by atoms with Crippen LogP contribution in [0.5, 0.6) is 0 Å². The maximum Gasteiger partial charge on any atom is 0.270 e. The monoisotopic (exact) mass is 317 g/mol. The van der Waals surface area contributed by atoms with Crippen LogP contribution in [0.15, 0.2) is 29.7 Å².